The molecule has 5 heteroatoms. The minimum absolute atomic E-state index is 0.0626. The van der Waals surface area contributed by atoms with Gasteiger partial charge in [0.25, 0.3) is 0 Å². The minimum Gasteiger partial charge on any atom is -0.337 e. The summed E-state index contributed by atoms with van der Waals surface area (Å²) in [4.78, 5) is 27.3. The second-order valence-corrected chi connectivity index (χ2v) is 5.53. The third-order valence-corrected chi connectivity index (χ3v) is 4.07. The lowest BCUT2D eigenvalue weighted by Gasteiger charge is -2.38. The smallest absolute Gasteiger partial charge is 0.242 e. The predicted octanol–water partition coefficient (Wildman–Crippen LogP) is 0.195. The maximum Gasteiger partial charge on any atom is 0.242 e. The van der Waals surface area contributed by atoms with Gasteiger partial charge in [-0.25, -0.2) is 0 Å². The van der Waals surface area contributed by atoms with Crippen molar-refractivity contribution in [2.75, 3.05) is 26.2 Å². The number of nitrogens with two attached hydrogens (primary N) is 1. The van der Waals surface area contributed by atoms with Gasteiger partial charge in [0.05, 0.1) is 6.54 Å². The highest BCUT2D eigenvalue weighted by Gasteiger charge is 2.31. The Hall–Kier alpha value is -1.10. The molecule has 0 aromatic heterocycles. The first-order chi connectivity index (χ1) is 8.61. The first-order valence-corrected chi connectivity index (χ1v) is 6.89. The van der Waals surface area contributed by atoms with Crippen LogP contribution in [0.2, 0.25) is 0 Å². The van der Waals surface area contributed by atoms with E-state index in [2.05, 4.69) is 6.92 Å². The highest BCUT2D eigenvalue weighted by Crippen LogP contribution is 2.22. The van der Waals surface area contributed by atoms with Gasteiger partial charge in [-0.05, 0) is 25.2 Å². The van der Waals surface area contributed by atoms with E-state index in [1.807, 2.05) is 4.90 Å². The van der Waals surface area contributed by atoms with Crippen LogP contribution in [-0.2, 0) is 9.59 Å². The lowest BCUT2D eigenvalue weighted by atomic mass is 9.92. The van der Waals surface area contributed by atoms with E-state index >= 15 is 0 Å². The summed E-state index contributed by atoms with van der Waals surface area (Å²) >= 11 is 0. The molecule has 0 aliphatic carbocycles. The van der Waals surface area contributed by atoms with Crippen LogP contribution in [0.25, 0.3) is 0 Å². The van der Waals surface area contributed by atoms with Gasteiger partial charge in [0.2, 0.25) is 11.8 Å². The van der Waals surface area contributed by atoms with Gasteiger partial charge in [-0.3, -0.25) is 9.59 Å². The third-order valence-electron chi connectivity index (χ3n) is 4.07. The van der Waals surface area contributed by atoms with Crippen molar-refractivity contribution in [2.24, 2.45) is 11.7 Å². The van der Waals surface area contributed by atoms with Crippen LogP contribution in [0.5, 0.6) is 0 Å². The van der Waals surface area contributed by atoms with Crippen molar-refractivity contribution in [3.8, 4) is 0 Å². The second kappa shape index (κ2) is 5.69. The molecule has 0 spiro atoms. The molecule has 18 heavy (non-hydrogen) atoms. The summed E-state index contributed by atoms with van der Waals surface area (Å²) in [5.41, 5.74) is 5.75. The quantitative estimate of drug-likeness (QED) is 0.781. The van der Waals surface area contributed by atoms with Crippen LogP contribution in [-0.4, -0.2) is 53.8 Å². The molecule has 2 heterocycles. The topological polar surface area (TPSA) is 66.6 Å². The lowest BCUT2D eigenvalue weighted by Crippen LogP contribution is -2.52. The Balaban J connectivity index is 1.93. The predicted molar refractivity (Wildman–Crippen MR) is 68.8 cm³/mol. The van der Waals surface area contributed by atoms with E-state index < -0.39 is 0 Å². The molecule has 0 aromatic rings. The number of hydrogen-bond acceptors (Lipinski definition) is 3. The van der Waals surface area contributed by atoms with Gasteiger partial charge in [-0.2, -0.15) is 0 Å². The van der Waals surface area contributed by atoms with Gasteiger partial charge in [-0.1, -0.05) is 6.92 Å². The van der Waals surface area contributed by atoms with E-state index in [-0.39, 0.29) is 24.4 Å². The highest BCUT2D eigenvalue weighted by atomic mass is 16.2. The van der Waals surface area contributed by atoms with Crippen LogP contribution in [0, 0.1) is 5.92 Å². The molecule has 2 fully saturated rings. The zero-order valence-corrected chi connectivity index (χ0v) is 11.1. The van der Waals surface area contributed by atoms with Gasteiger partial charge in [0.15, 0.2) is 0 Å². The first-order valence-electron chi connectivity index (χ1n) is 6.89. The van der Waals surface area contributed by atoms with Crippen LogP contribution in [0.4, 0.5) is 0 Å². The number of carbonyl (C=O) groups excluding carboxylic acids is 2. The van der Waals surface area contributed by atoms with Crippen LogP contribution in [0.15, 0.2) is 0 Å². The van der Waals surface area contributed by atoms with Crippen molar-refractivity contribution in [2.45, 2.75) is 38.6 Å². The number of amides is 2. The van der Waals surface area contributed by atoms with Gasteiger partial charge in [0, 0.05) is 32.1 Å². The van der Waals surface area contributed by atoms with E-state index in [0.717, 1.165) is 32.4 Å². The SMILES string of the molecule is CC1CCN(C(=O)CN2CCCC2=O)C(CN)C1. The average molecular weight is 253 g/mol. The van der Waals surface area contributed by atoms with Crippen LogP contribution >= 0.6 is 0 Å². The molecule has 2 amide bonds. The molecular weight excluding hydrogens is 230 g/mol. The average Bonchev–Trinajstić information content (AvgIpc) is 2.74. The molecule has 2 unspecified atom stereocenters. The van der Waals surface area contributed by atoms with Crippen LogP contribution < -0.4 is 5.73 Å². The normalized spacial score (nSPS) is 28.9. The second-order valence-electron chi connectivity index (χ2n) is 5.53. The number of rotatable bonds is 3. The monoisotopic (exact) mass is 253 g/mol. The Kier molecular flexibility index (Phi) is 4.22. The molecule has 102 valence electrons. The highest BCUT2D eigenvalue weighted by molar-refractivity contribution is 5.86. The van der Waals surface area contributed by atoms with E-state index in [1.54, 1.807) is 4.90 Å². The Labute approximate surface area is 108 Å². The molecule has 2 aliphatic heterocycles. The molecule has 2 saturated heterocycles. The maximum atomic E-state index is 12.3. The standard InChI is InChI=1S/C13H23N3O2/c1-10-4-6-16(11(7-10)8-14)13(18)9-15-5-2-3-12(15)17/h10-11H,2-9,14H2,1H3. The summed E-state index contributed by atoms with van der Waals surface area (Å²) in [5, 5.41) is 0. The van der Waals surface area contributed by atoms with Gasteiger partial charge >= 0.3 is 0 Å². The molecular formula is C13H23N3O2. The lowest BCUT2D eigenvalue weighted by molar-refractivity contribution is -0.141. The van der Waals surface area contributed by atoms with Crippen molar-refractivity contribution in [1.82, 2.24) is 9.80 Å². The molecule has 2 rings (SSSR count). The molecule has 0 saturated carbocycles. The zero-order chi connectivity index (χ0) is 13.1. The van der Waals surface area contributed by atoms with Crippen molar-refractivity contribution in [3.05, 3.63) is 0 Å². The number of hydrogen-bond donors (Lipinski definition) is 1. The van der Waals surface area contributed by atoms with Crippen molar-refractivity contribution < 1.29 is 9.59 Å². The molecule has 0 radical (unpaired) electrons. The Morgan fingerprint density at radius 3 is 2.83 bits per heavy atom. The Bertz CT molecular complexity index is 332. The van der Waals surface area contributed by atoms with Gasteiger partial charge < -0.3 is 15.5 Å². The van der Waals surface area contributed by atoms with E-state index in [1.165, 1.54) is 0 Å². The fraction of sp³-hybridized carbons (Fsp3) is 0.846. The van der Waals surface area contributed by atoms with Crippen molar-refractivity contribution in [3.63, 3.8) is 0 Å². The molecule has 2 aliphatic rings. The Morgan fingerprint density at radius 1 is 1.44 bits per heavy atom. The molecule has 5 nitrogen and oxygen atoms in total. The summed E-state index contributed by atoms with van der Waals surface area (Å²) < 4.78 is 0. The maximum absolute atomic E-state index is 12.3. The van der Waals surface area contributed by atoms with Crippen LogP contribution in [0.1, 0.15) is 32.6 Å². The fourth-order valence-electron chi connectivity index (χ4n) is 2.93. The number of nitrogens with zero attached hydrogens (tertiary/aromatic N) is 2. The Morgan fingerprint density at radius 2 is 2.22 bits per heavy atom. The summed E-state index contributed by atoms with van der Waals surface area (Å²) in [6, 6.07) is 0.152. The number of likely N-dealkylation sites (tertiary alicyclic amines) is 2. The number of carbonyl (C=O) groups is 2. The summed E-state index contributed by atoms with van der Waals surface area (Å²) in [7, 11) is 0. The zero-order valence-electron chi connectivity index (χ0n) is 11.1. The largest absolute Gasteiger partial charge is 0.337 e. The van der Waals surface area contributed by atoms with Crippen molar-refractivity contribution in [1.29, 1.82) is 0 Å². The number of piperidine rings is 1. The van der Waals surface area contributed by atoms with Crippen molar-refractivity contribution >= 4 is 11.8 Å². The third kappa shape index (κ3) is 2.83. The molecule has 2 N–H and O–H groups in total. The first kappa shape index (κ1) is 13.3. The summed E-state index contributed by atoms with van der Waals surface area (Å²) in [5.74, 6) is 0.807. The van der Waals surface area contributed by atoms with E-state index in [9.17, 15) is 9.59 Å². The molecule has 2 atom stereocenters. The van der Waals surface area contributed by atoms with Crippen LogP contribution in [0.3, 0.4) is 0 Å². The molecule has 0 aromatic carbocycles. The van der Waals surface area contributed by atoms with E-state index in [0.29, 0.717) is 18.9 Å². The molecule has 0 bridgehead atoms. The summed E-state index contributed by atoms with van der Waals surface area (Å²) in [6.45, 7) is 4.47. The van der Waals surface area contributed by atoms with Gasteiger partial charge in [0.1, 0.15) is 0 Å². The summed E-state index contributed by atoms with van der Waals surface area (Å²) in [6.07, 6.45) is 3.49. The fourth-order valence-corrected chi connectivity index (χ4v) is 2.93. The van der Waals surface area contributed by atoms with Gasteiger partial charge in [-0.15, -0.1) is 0 Å². The van der Waals surface area contributed by atoms with E-state index in [4.69, 9.17) is 5.73 Å². The minimum atomic E-state index is 0.0626.